The van der Waals surface area contributed by atoms with Gasteiger partial charge in [0, 0.05) is 18.8 Å². The maximum absolute atomic E-state index is 6.68. The zero-order valence-corrected chi connectivity index (χ0v) is 20.4. The minimum Gasteiger partial charge on any atom is -0.543 e. The van der Waals surface area contributed by atoms with Crippen molar-refractivity contribution < 1.29 is 4.43 Å². The summed E-state index contributed by atoms with van der Waals surface area (Å²) in [5.74, 6) is 1.00. The summed E-state index contributed by atoms with van der Waals surface area (Å²) in [7, 11) is 0.334. The monoisotopic (exact) mass is 407 g/mol. The molecule has 0 aliphatic carbocycles. The number of nitrogens with zero attached hydrogens (tertiary/aromatic N) is 1. The third-order valence-electron chi connectivity index (χ3n) is 7.13. The number of hydrogen-bond acceptors (Lipinski definition) is 2. The molecule has 1 fully saturated rings. The van der Waals surface area contributed by atoms with E-state index in [0.717, 1.165) is 12.2 Å². The molecule has 2 unspecified atom stereocenters. The maximum atomic E-state index is 6.68. The molecule has 0 amide bonds. The third kappa shape index (κ3) is 3.77. The summed E-state index contributed by atoms with van der Waals surface area (Å²) >= 11 is 0. The Kier molecular flexibility index (Phi) is 5.75. The lowest BCUT2D eigenvalue weighted by Crippen LogP contribution is -2.43. The highest BCUT2D eigenvalue weighted by atomic mass is 28.4. The van der Waals surface area contributed by atoms with E-state index in [-0.39, 0.29) is 10.5 Å². The van der Waals surface area contributed by atoms with Crippen molar-refractivity contribution in [1.82, 2.24) is 4.90 Å². The second kappa shape index (κ2) is 7.68. The standard InChI is InChI=1S/C26H37NOSi/c1-9-24-26(19-20(2)27(24)6,21-14-11-10-12-15-21)22-16-13-17-23(18-22)28-29(7,8)25(3,4)5/h9-18,20H,19H2,1-8H3/b24-9-. The smallest absolute Gasteiger partial charge is 0.250 e. The average Bonchev–Trinajstić information content (AvgIpc) is 2.93. The molecule has 0 N–H and O–H groups in total. The van der Waals surface area contributed by atoms with Crippen LogP contribution in [0.15, 0.2) is 66.4 Å². The third-order valence-corrected chi connectivity index (χ3v) is 11.5. The number of likely N-dealkylation sites (tertiary alicyclic amines) is 1. The van der Waals surface area contributed by atoms with Gasteiger partial charge in [0.25, 0.3) is 0 Å². The van der Waals surface area contributed by atoms with Crippen LogP contribution in [0, 0.1) is 0 Å². The molecule has 0 spiro atoms. The number of likely N-dealkylation sites (N-methyl/N-ethyl adjacent to an activating group) is 1. The summed E-state index contributed by atoms with van der Waals surface area (Å²) in [5, 5.41) is 0.177. The Morgan fingerprint density at radius 1 is 1.03 bits per heavy atom. The Labute approximate surface area is 178 Å². The number of rotatable bonds is 4. The van der Waals surface area contributed by atoms with Gasteiger partial charge in [0.2, 0.25) is 8.32 Å². The first kappa shape index (κ1) is 21.7. The van der Waals surface area contributed by atoms with Crippen molar-refractivity contribution in [1.29, 1.82) is 0 Å². The van der Waals surface area contributed by atoms with E-state index in [0.29, 0.717) is 6.04 Å². The van der Waals surface area contributed by atoms with Gasteiger partial charge in [-0.2, -0.15) is 0 Å². The van der Waals surface area contributed by atoms with Crippen LogP contribution in [0.3, 0.4) is 0 Å². The molecular formula is C26H37NOSi. The first-order chi connectivity index (χ1) is 13.5. The minimum atomic E-state index is -1.89. The number of allylic oxidation sites excluding steroid dienone is 2. The summed E-state index contributed by atoms with van der Waals surface area (Å²) in [6.07, 6.45) is 3.36. The molecule has 0 aromatic heterocycles. The SMILES string of the molecule is C/C=C1\N(C)C(C)CC1(c1ccccc1)c1cccc(O[Si](C)(C)C(C)(C)C)c1. The van der Waals surface area contributed by atoms with Crippen LogP contribution in [0.1, 0.15) is 52.2 Å². The van der Waals surface area contributed by atoms with E-state index in [4.69, 9.17) is 4.43 Å². The highest BCUT2D eigenvalue weighted by molar-refractivity contribution is 6.74. The van der Waals surface area contributed by atoms with Gasteiger partial charge < -0.3 is 9.33 Å². The van der Waals surface area contributed by atoms with E-state index < -0.39 is 8.32 Å². The van der Waals surface area contributed by atoms with Crippen molar-refractivity contribution in [2.45, 2.75) is 70.6 Å². The summed E-state index contributed by atoms with van der Waals surface area (Å²) < 4.78 is 6.68. The van der Waals surface area contributed by atoms with Crippen LogP contribution in [0.5, 0.6) is 5.75 Å². The normalized spacial score (nSPS) is 24.2. The van der Waals surface area contributed by atoms with Crippen LogP contribution in [-0.4, -0.2) is 26.3 Å². The van der Waals surface area contributed by atoms with Gasteiger partial charge in [0.05, 0.1) is 5.41 Å². The largest absolute Gasteiger partial charge is 0.543 e. The van der Waals surface area contributed by atoms with E-state index in [1.165, 1.54) is 16.8 Å². The van der Waals surface area contributed by atoms with Crippen LogP contribution in [0.4, 0.5) is 0 Å². The van der Waals surface area contributed by atoms with E-state index in [1.807, 2.05) is 0 Å². The van der Waals surface area contributed by atoms with Gasteiger partial charge >= 0.3 is 0 Å². The Hall–Kier alpha value is -2.00. The molecule has 3 heteroatoms. The fourth-order valence-corrected chi connectivity index (χ4v) is 5.39. The van der Waals surface area contributed by atoms with Crippen molar-refractivity contribution in [3.8, 4) is 5.75 Å². The highest BCUT2D eigenvalue weighted by Gasteiger charge is 2.47. The lowest BCUT2D eigenvalue weighted by Gasteiger charge is -2.37. The Bertz CT molecular complexity index is 881. The van der Waals surface area contributed by atoms with Gasteiger partial charge in [-0.15, -0.1) is 0 Å². The van der Waals surface area contributed by atoms with Crippen molar-refractivity contribution in [2.24, 2.45) is 0 Å². The highest BCUT2D eigenvalue weighted by Crippen LogP contribution is 2.51. The minimum absolute atomic E-state index is 0.142. The van der Waals surface area contributed by atoms with Gasteiger partial charge in [0.1, 0.15) is 5.75 Å². The average molecular weight is 408 g/mol. The van der Waals surface area contributed by atoms with E-state index in [9.17, 15) is 0 Å². The summed E-state index contributed by atoms with van der Waals surface area (Å²) in [6.45, 7) is 16.0. The molecular weight excluding hydrogens is 370 g/mol. The molecule has 29 heavy (non-hydrogen) atoms. The second-order valence-electron chi connectivity index (χ2n) is 10.00. The van der Waals surface area contributed by atoms with E-state index in [1.54, 1.807) is 0 Å². The van der Waals surface area contributed by atoms with Gasteiger partial charge in [-0.1, -0.05) is 69.3 Å². The molecule has 0 radical (unpaired) electrons. The van der Waals surface area contributed by atoms with Gasteiger partial charge in [-0.05, 0) is 61.7 Å². The molecule has 0 bridgehead atoms. The molecule has 156 valence electrons. The van der Waals surface area contributed by atoms with E-state index in [2.05, 4.69) is 120 Å². The Morgan fingerprint density at radius 3 is 2.24 bits per heavy atom. The van der Waals surface area contributed by atoms with Gasteiger partial charge in [-0.25, -0.2) is 0 Å². The molecule has 1 heterocycles. The summed E-state index contributed by atoms with van der Waals surface area (Å²) in [4.78, 5) is 2.44. The first-order valence-corrected chi connectivity index (χ1v) is 13.7. The first-order valence-electron chi connectivity index (χ1n) is 10.8. The predicted octanol–water partition coefficient (Wildman–Crippen LogP) is 6.98. The van der Waals surface area contributed by atoms with Gasteiger partial charge in [-0.3, -0.25) is 0 Å². The van der Waals surface area contributed by atoms with Crippen LogP contribution < -0.4 is 4.43 Å². The zero-order valence-electron chi connectivity index (χ0n) is 19.4. The maximum Gasteiger partial charge on any atom is 0.250 e. The second-order valence-corrected chi connectivity index (χ2v) is 14.7. The number of hydrogen-bond donors (Lipinski definition) is 0. The molecule has 1 saturated heterocycles. The summed E-state index contributed by atoms with van der Waals surface area (Å²) in [5.41, 5.74) is 3.91. The van der Waals surface area contributed by atoms with Crippen molar-refractivity contribution in [2.75, 3.05) is 7.05 Å². The van der Waals surface area contributed by atoms with Crippen LogP contribution in [0.2, 0.25) is 18.1 Å². The predicted molar refractivity (Wildman–Crippen MR) is 127 cm³/mol. The van der Waals surface area contributed by atoms with Crippen molar-refractivity contribution >= 4 is 8.32 Å². The Morgan fingerprint density at radius 2 is 1.66 bits per heavy atom. The summed E-state index contributed by atoms with van der Waals surface area (Å²) in [6, 6.07) is 20.3. The quantitative estimate of drug-likeness (QED) is 0.507. The van der Waals surface area contributed by atoms with Crippen LogP contribution in [-0.2, 0) is 5.41 Å². The number of benzene rings is 2. The zero-order chi connectivity index (χ0) is 21.4. The molecule has 0 saturated carbocycles. The van der Waals surface area contributed by atoms with Crippen molar-refractivity contribution in [3.63, 3.8) is 0 Å². The Balaban J connectivity index is 2.15. The van der Waals surface area contributed by atoms with Crippen molar-refractivity contribution in [3.05, 3.63) is 77.5 Å². The molecule has 2 nitrogen and oxygen atoms in total. The molecule has 2 aromatic rings. The lowest BCUT2D eigenvalue weighted by molar-refractivity contribution is 0.375. The molecule has 3 rings (SSSR count). The molecule has 1 aliphatic heterocycles. The van der Waals surface area contributed by atoms with Crippen LogP contribution in [0.25, 0.3) is 0 Å². The lowest BCUT2D eigenvalue weighted by atomic mass is 9.70. The van der Waals surface area contributed by atoms with E-state index >= 15 is 0 Å². The molecule has 2 atom stereocenters. The van der Waals surface area contributed by atoms with Gasteiger partial charge in [0.15, 0.2) is 0 Å². The fourth-order valence-electron chi connectivity index (χ4n) is 4.37. The molecule has 2 aromatic carbocycles. The molecule has 1 aliphatic rings. The van der Waals surface area contributed by atoms with Crippen LogP contribution >= 0.6 is 0 Å². The topological polar surface area (TPSA) is 12.5 Å². The fraction of sp³-hybridized carbons (Fsp3) is 0.462.